The van der Waals surface area contributed by atoms with Crippen molar-refractivity contribution in [3.05, 3.63) is 16.9 Å². The average molecular weight is 111 g/mol. The van der Waals surface area contributed by atoms with Crippen molar-refractivity contribution < 1.29 is 0 Å². The van der Waals surface area contributed by atoms with E-state index in [0.717, 1.165) is 0 Å². The van der Waals surface area contributed by atoms with Crippen LogP contribution in [0.3, 0.4) is 0 Å². The molecule has 0 unspecified atom stereocenters. The smallest absolute Gasteiger partial charge is 0.0392 e. The highest BCUT2D eigenvalue weighted by atomic mass is 28.2. The predicted octanol–water partition coefficient (Wildman–Crippen LogP) is -0.778. The average Bonchev–Trinajstić information content (AvgIpc) is 1.72. The molecule has 0 fully saturated rings. The van der Waals surface area contributed by atoms with Gasteiger partial charge in [-0.1, -0.05) is 5.29 Å². The van der Waals surface area contributed by atoms with Crippen LogP contribution >= 0.6 is 0 Å². The molecule has 0 N–H and O–H groups in total. The van der Waals surface area contributed by atoms with E-state index in [0.29, 0.717) is 18.2 Å². The van der Waals surface area contributed by atoms with Crippen molar-refractivity contribution in [2.75, 3.05) is 0 Å². The fourth-order valence-corrected chi connectivity index (χ4v) is 2.22. The predicted molar refractivity (Wildman–Crippen MR) is 29.7 cm³/mol. The van der Waals surface area contributed by atoms with E-state index in [1.54, 1.807) is 0 Å². The number of hydrogen-bond donors (Lipinski definition) is 0. The maximum absolute atomic E-state index is 3.97. The van der Waals surface area contributed by atoms with E-state index >= 15 is 0 Å². The number of aromatic nitrogens is 1. The summed E-state index contributed by atoms with van der Waals surface area (Å²) < 4.78 is 0. The third kappa shape index (κ3) is 0.910. The van der Waals surface area contributed by atoms with Gasteiger partial charge in [-0.15, -0.1) is 0 Å². The first-order chi connectivity index (χ1) is 3.00. The minimum absolute atomic E-state index is 0.494. The van der Waals surface area contributed by atoms with Crippen LogP contribution in [0.4, 0.5) is 0 Å². The first-order valence-corrected chi connectivity index (χ1v) is 4.52. The van der Waals surface area contributed by atoms with Crippen molar-refractivity contribution in [2.45, 2.75) is 0 Å². The summed E-state index contributed by atoms with van der Waals surface area (Å²) >= 11 is 0. The van der Waals surface area contributed by atoms with Crippen LogP contribution in [0.25, 0.3) is 0 Å². The van der Waals surface area contributed by atoms with Gasteiger partial charge in [0.2, 0.25) is 0 Å². The van der Waals surface area contributed by atoms with Gasteiger partial charge in [0.15, 0.2) is 0 Å². The highest BCUT2D eigenvalue weighted by Gasteiger charge is 1.59. The Hall–Kier alpha value is -0.156. The molecule has 1 rings (SSSR count). The molecule has 1 nitrogen and oxygen atoms in total. The molecule has 1 aromatic rings. The van der Waals surface area contributed by atoms with E-state index < -0.39 is 0 Å². The van der Waals surface area contributed by atoms with Crippen LogP contribution in [0.1, 0.15) is 0 Å². The van der Waals surface area contributed by atoms with Gasteiger partial charge in [-0.3, -0.25) is 4.98 Å². The number of rotatable bonds is 0. The third-order valence-corrected chi connectivity index (χ3v) is 3.03. The lowest BCUT2D eigenvalue weighted by atomic mass is 11.4. The summed E-state index contributed by atoms with van der Waals surface area (Å²) in [7, 11) is 0.988. The standard InChI is InChI=1S/C3H5NSi2/c1-4-2-6-3-5-1/h1-3,5-6H. The lowest BCUT2D eigenvalue weighted by Gasteiger charge is -1.69. The Balaban J connectivity index is 3.00. The molecule has 0 bridgehead atoms. The molecule has 1 heterocycles. The summed E-state index contributed by atoms with van der Waals surface area (Å²) in [4.78, 5) is 3.97. The Morgan fingerprint density at radius 2 is 1.83 bits per heavy atom. The Labute approximate surface area is 40.9 Å². The minimum atomic E-state index is 0.494. The second-order valence-electron chi connectivity index (χ2n) is 1.02. The molecule has 0 atom stereocenters. The van der Waals surface area contributed by atoms with Gasteiger partial charge in [0.25, 0.3) is 0 Å². The molecule has 1 aromatic heterocycles. The molecular weight excluding hydrogens is 106 g/mol. The zero-order chi connectivity index (χ0) is 4.24. The lowest BCUT2D eigenvalue weighted by Crippen LogP contribution is -1.75. The topological polar surface area (TPSA) is 12.9 Å². The van der Waals surface area contributed by atoms with Gasteiger partial charge in [0.1, 0.15) is 0 Å². The van der Waals surface area contributed by atoms with Crippen LogP contribution in [0.15, 0.2) is 16.9 Å². The van der Waals surface area contributed by atoms with Crippen LogP contribution in [-0.2, 0) is 0 Å². The van der Waals surface area contributed by atoms with E-state index in [2.05, 4.69) is 10.3 Å². The van der Waals surface area contributed by atoms with E-state index in [1.807, 2.05) is 11.6 Å². The molecule has 30 valence electrons. The normalized spacial score (nSPS) is 8.00. The molecule has 0 aliphatic heterocycles. The Morgan fingerprint density at radius 3 is 2.00 bits per heavy atom. The van der Waals surface area contributed by atoms with Crippen molar-refractivity contribution in [1.82, 2.24) is 4.98 Å². The van der Waals surface area contributed by atoms with E-state index in [-0.39, 0.29) is 0 Å². The molecule has 0 amide bonds. The third-order valence-electron chi connectivity index (χ3n) is 0.566. The van der Waals surface area contributed by atoms with E-state index in [4.69, 9.17) is 0 Å². The second-order valence-corrected chi connectivity index (χ2v) is 3.93. The van der Waals surface area contributed by atoms with Crippen LogP contribution in [0.2, 0.25) is 0 Å². The van der Waals surface area contributed by atoms with Gasteiger partial charge in [0.05, 0.1) is 0 Å². The molecule has 0 radical (unpaired) electrons. The van der Waals surface area contributed by atoms with Crippen LogP contribution in [0.5, 0.6) is 0 Å². The largest absolute Gasteiger partial charge is 0.275 e. The van der Waals surface area contributed by atoms with Gasteiger partial charge >= 0.3 is 0 Å². The SMILES string of the molecule is c1nc[siH]c[siH]1. The quantitative estimate of drug-likeness (QED) is 0.400. The zero-order valence-electron chi connectivity index (χ0n) is 3.33. The molecule has 0 aliphatic rings. The molecule has 6 heavy (non-hydrogen) atoms. The summed E-state index contributed by atoms with van der Waals surface area (Å²) in [6.45, 7) is 0. The fraction of sp³-hybridized carbons (Fsp3) is 0. The lowest BCUT2D eigenvalue weighted by molar-refractivity contribution is 1.43. The van der Waals surface area contributed by atoms with E-state index in [1.165, 1.54) is 0 Å². The second kappa shape index (κ2) is 2.10. The molecule has 0 aromatic carbocycles. The number of hydrogen-bond acceptors (Lipinski definition) is 1. The zero-order valence-corrected chi connectivity index (χ0v) is 5.64. The highest BCUT2D eigenvalue weighted by Crippen LogP contribution is 1.55. The van der Waals surface area contributed by atoms with E-state index in [9.17, 15) is 0 Å². The Morgan fingerprint density at radius 1 is 1.17 bits per heavy atom. The van der Waals surface area contributed by atoms with Gasteiger partial charge in [-0.2, -0.15) is 0 Å². The van der Waals surface area contributed by atoms with Crippen LogP contribution < -0.4 is 0 Å². The first-order valence-electron chi connectivity index (χ1n) is 1.85. The van der Waals surface area contributed by atoms with Crippen molar-refractivity contribution in [1.29, 1.82) is 0 Å². The number of nitrogens with zero attached hydrogens (tertiary/aromatic N) is 1. The maximum Gasteiger partial charge on any atom is 0.0392 e. The van der Waals surface area contributed by atoms with Crippen molar-refractivity contribution in [3.8, 4) is 0 Å². The summed E-state index contributed by atoms with van der Waals surface area (Å²) in [5.74, 6) is 4.02. The van der Waals surface area contributed by atoms with Crippen LogP contribution in [-0.4, -0.2) is 23.2 Å². The van der Waals surface area contributed by atoms with Crippen molar-refractivity contribution >= 4 is 18.2 Å². The van der Waals surface area contributed by atoms with Gasteiger partial charge in [0, 0.05) is 29.9 Å². The van der Waals surface area contributed by atoms with Crippen LogP contribution in [0, 0.1) is 0 Å². The maximum atomic E-state index is 3.97. The monoisotopic (exact) mass is 111 g/mol. The summed E-state index contributed by atoms with van der Waals surface area (Å²) in [6, 6.07) is 0. The minimum Gasteiger partial charge on any atom is -0.275 e. The van der Waals surface area contributed by atoms with Gasteiger partial charge in [-0.25, -0.2) is 0 Å². The Bertz CT molecular complexity index is 80.7. The van der Waals surface area contributed by atoms with Crippen molar-refractivity contribution in [2.24, 2.45) is 0 Å². The molecule has 3 heteroatoms. The molecular formula is C3H5NSi2. The molecule has 0 saturated carbocycles. The summed E-state index contributed by atoms with van der Waals surface area (Å²) in [6.07, 6.45) is 0. The molecule has 0 saturated heterocycles. The molecule has 0 aliphatic carbocycles. The summed E-state index contributed by atoms with van der Waals surface area (Å²) in [5, 5.41) is 2.35. The van der Waals surface area contributed by atoms with Crippen molar-refractivity contribution in [3.63, 3.8) is 0 Å². The molecule has 0 spiro atoms. The first kappa shape index (κ1) is 4.01. The fourth-order valence-electron chi connectivity index (χ4n) is 0.313. The van der Waals surface area contributed by atoms with Gasteiger partial charge in [-0.05, 0) is 0 Å². The van der Waals surface area contributed by atoms with Gasteiger partial charge < -0.3 is 0 Å². The highest BCUT2D eigenvalue weighted by molar-refractivity contribution is 6.43. The summed E-state index contributed by atoms with van der Waals surface area (Å²) in [5.41, 5.74) is 0. The Kier molecular flexibility index (Phi) is 1.40.